The van der Waals surface area contributed by atoms with Crippen LogP contribution in [0.5, 0.6) is 11.5 Å². The van der Waals surface area contributed by atoms with E-state index in [4.69, 9.17) is 9.47 Å². The van der Waals surface area contributed by atoms with E-state index in [-0.39, 0.29) is 18.1 Å². The van der Waals surface area contributed by atoms with Crippen LogP contribution in [0.25, 0.3) is 6.08 Å². The van der Waals surface area contributed by atoms with Gasteiger partial charge in [0.05, 0.1) is 0 Å². The van der Waals surface area contributed by atoms with Crippen molar-refractivity contribution in [3.05, 3.63) is 41.5 Å². The molecule has 0 amide bonds. The molecular weight excluding hydrogens is 272 g/mol. The van der Waals surface area contributed by atoms with Crippen molar-refractivity contribution in [2.45, 2.75) is 20.8 Å². The van der Waals surface area contributed by atoms with Gasteiger partial charge in [-0.15, -0.1) is 0 Å². The molecule has 0 saturated heterocycles. The molecule has 0 aliphatic heterocycles. The van der Waals surface area contributed by atoms with Crippen molar-refractivity contribution in [1.82, 2.24) is 0 Å². The molecule has 0 heterocycles. The van der Waals surface area contributed by atoms with Crippen LogP contribution in [0.15, 0.2) is 35.9 Å². The highest BCUT2D eigenvalue weighted by atomic mass is 16.5. The van der Waals surface area contributed by atoms with Crippen molar-refractivity contribution in [2.75, 3.05) is 6.61 Å². The van der Waals surface area contributed by atoms with Crippen molar-refractivity contribution >= 4 is 18.0 Å². The van der Waals surface area contributed by atoms with E-state index in [0.717, 1.165) is 5.57 Å². The molecule has 1 N–H and O–H groups in total. The maximum atomic E-state index is 11.4. The normalized spacial score (nSPS) is 10.2. The minimum Gasteiger partial charge on any atom is -0.504 e. The molecule has 0 atom stereocenters. The maximum absolute atomic E-state index is 11.4. The molecule has 0 bridgehead atoms. The molecule has 0 radical (unpaired) electrons. The second kappa shape index (κ2) is 7.89. The van der Waals surface area contributed by atoms with Gasteiger partial charge in [0.1, 0.15) is 6.61 Å². The van der Waals surface area contributed by atoms with E-state index in [1.165, 1.54) is 31.2 Å². The van der Waals surface area contributed by atoms with Gasteiger partial charge < -0.3 is 14.6 Å². The Bertz CT molecular complexity index is 580. The number of rotatable bonds is 5. The van der Waals surface area contributed by atoms with Gasteiger partial charge in [-0.3, -0.25) is 4.79 Å². The second-order valence-electron chi connectivity index (χ2n) is 4.57. The first-order valence-corrected chi connectivity index (χ1v) is 6.38. The zero-order chi connectivity index (χ0) is 15.8. The third-order valence-electron chi connectivity index (χ3n) is 2.37. The molecule has 0 aromatic heterocycles. The summed E-state index contributed by atoms with van der Waals surface area (Å²) in [5, 5.41) is 9.67. The Kier molecular flexibility index (Phi) is 6.20. The van der Waals surface area contributed by atoms with E-state index in [1.54, 1.807) is 12.1 Å². The van der Waals surface area contributed by atoms with Crippen LogP contribution < -0.4 is 4.74 Å². The lowest BCUT2D eigenvalue weighted by molar-refractivity contribution is -0.136. The highest BCUT2D eigenvalue weighted by Gasteiger charge is 2.05. The van der Waals surface area contributed by atoms with Gasteiger partial charge in [-0.05, 0) is 43.7 Å². The maximum Gasteiger partial charge on any atom is 0.331 e. The van der Waals surface area contributed by atoms with Gasteiger partial charge in [-0.1, -0.05) is 11.6 Å². The van der Waals surface area contributed by atoms with Crippen LogP contribution in [0.1, 0.15) is 26.3 Å². The van der Waals surface area contributed by atoms with Crippen LogP contribution in [0, 0.1) is 0 Å². The summed E-state index contributed by atoms with van der Waals surface area (Å²) >= 11 is 0. The standard InChI is InChI=1S/C16H18O5/c1-11(2)8-9-20-16(19)7-5-13-4-6-15(14(18)10-13)21-12(3)17/h4-8,10,18H,9H2,1-3H3/b7-5+. The summed E-state index contributed by atoms with van der Waals surface area (Å²) in [4.78, 5) is 22.2. The van der Waals surface area contributed by atoms with Gasteiger partial charge in [-0.2, -0.15) is 0 Å². The third-order valence-corrected chi connectivity index (χ3v) is 2.37. The Morgan fingerprint density at radius 3 is 2.52 bits per heavy atom. The van der Waals surface area contributed by atoms with E-state index in [9.17, 15) is 14.7 Å². The minimum atomic E-state index is -0.517. The number of phenolic OH excluding ortho intramolecular Hbond substituents is 1. The van der Waals surface area contributed by atoms with Gasteiger partial charge in [-0.25, -0.2) is 4.79 Å². The Morgan fingerprint density at radius 1 is 1.24 bits per heavy atom. The molecule has 1 aromatic rings. The molecule has 0 unspecified atom stereocenters. The van der Waals surface area contributed by atoms with Gasteiger partial charge in [0.25, 0.3) is 0 Å². The Hall–Kier alpha value is -2.56. The fraction of sp³-hybridized carbons (Fsp3) is 0.250. The number of phenols is 1. The summed E-state index contributed by atoms with van der Waals surface area (Å²) in [5.41, 5.74) is 1.65. The zero-order valence-electron chi connectivity index (χ0n) is 12.3. The molecule has 0 aliphatic carbocycles. The number of benzene rings is 1. The average molecular weight is 290 g/mol. The van der Waals surface area contributed by atoms with Crippen LogP contribution in [-0.2, 0) is 14.3 Å². The molecule has 21 heavy (non-hydrogen) atoms. The number of allylic oxidation sites excluding steroid dienone is 1. The predicted molar refractivity (Wildman–Crippen MR) is 78.8 cm³/mol. The largest absolute Gasteiger partial charge is 0.504 e. The van der Waals surface area contributed by atoms with Gasteiger partial charge in [0, 0.05) is 13.0 Å². The second-order valence-corrected chi connectivity index (χ2v) is 4.57. The number of hydrogen-bond donors (Lipinski definition) is 1. The van der Waals surface area contributed by atoms with Gasteiger partial charge >= 0.3 is 11.9 Å². The summed E-state index contributed by atoms with van der Waals surface area (Å²) in [7, 11) is 0. The van der Waals surface area contributed by atoms with Crippen molar-refractivity contribution in [3.63, 3.8) is 0 Å². The topological polar surface area (TPSA) is 72.8 Å². The molecule has 0 fully saturated rings. The Balaban J connectivity index is 2.64. The number of hydrogen-bond acceptors (Lipinski definition) is 5. The van der Waals surface area contributed by atoms with E-state index in [2.05, 4.69) is 0 Å². The lowest BCUT2D eigenvalue weighted by Gasteiger charge is -2.04. The van der Waals surface area contributed by atoms with Crippen molar-refractivity contribution < 1.29 is 24.2 Å². The van der Waals surface area contributed by atoms with Crippen molar-refractivity contribution in [2.24, 2.45) is 0 Å². The minimum absolute atomic E-state index is 0.0748. The number of ether oxygens (including phenoxy) is 2. The molecule has 1 aromatic carbocycles. The van der Waals surface area contributed by atoms with Crippen LogP contribution >= 0.6 is 0 Å². The molecule has 0 saturated carbocycles. The number of aromatic hydroxyl groups is 1. The van der Waals surface area contributed by atoms with Crippen molar-refractivity contribution in [1.29, 1.82) is 0 Å². The number of carbonyl (C=O) groups excluding carboxylic acids is 2. The molecule has 5 heteroatoms. The average Bonchev–Trinajstić information content (AvgIpc) is 2.38. The van der Waals surface area contributed by atoms with E-state index in [0.29, 0.717) is 5.56 Å². The molecule has 0 spiro atoms. The number of carbonyl (C=O) groups is 2. The van der Waals surface area contributed by atoms with Crippen LogP contribution in [-0.4, -0.2) is 23.7 Å². The smallest absolute Gasteiger partial charge is 0.331 e. The summed E-state index contributed by atoms with van der Waals surface area (Å²) in [6.07, 6.45) is 4.56. The van der Waals surface area contributed by atoms with E-state index >= 15 is 0 Å². The first-order valence-electron chi connectivity index (χ1n) is 6.38. The Morgan fingerprint density at radius 2 is 1.95 bits per heavy atom. The summed E-state index contributed by atoms with van der Waals surface area (Å²) in [6, 6.07) is 4.45. The van der Waals surface area contributed by atoms with Crippen molar-refractivity contribution in [3.8, 4) is 11.5 Å². The lowest BCUT2D eigenvalue weighted by atomic mass is 10.2. The molecule has 1 rings (SSSR count). The molecule has 112 valence electrons. The SMILES string of the molecule is CC(=O)Oc1ccc(/C=C/C(=O)OCC=C(C)C)cc1O. The predicted octanol–water partition coefficient (Wildman–Crippen LogP) is 2.84. The van der Waals surface area contributed by atoms with Gasteiger partial charge in [0.15, 0.2) is 11.5 Å². The summed E-state index contributed by atoms with van der Waals surface area (Å²) < 4.78 is 9.74. The third kappa shape index (κ3) is 6.42. The van der Waals surface area contributed by atoms with Crippen LogP contribution in [0.2, 0.25) is 0 Å². The fourth-order valence-corrected chi connectivity index (χ4v) is 1.38. The first-order chi connectivity index (χ1) is 9.88. The quantitative estimate of drug-likeness (QED) is 0.391. The Labute approximate surface area is 123 Å². The van der Waals surface area contributed by atoms with E-state index < -0.39 is 11.9 Å². The lowest BCUT2D eigenvalue weighted by Crippen LogP contribution is -2.01. The van der Waals surface area contributed by atoms with Crippen LogP contribution in [0.4, 0.5) is 0 Å². The zero-order valence-corrected chi connectivity index (χ0v) is 12.3. The van der Waals surface area contributed by atoms with E-state index in [1.807, 2.05) is 13.8 Å². The van der Waals surface area contributed by atoms with Crippen LogP contribution in [0.3, 0.4) is 0 Å². The highest BCUT2D eigenvalue weighted by Crippen LogP contribution is 2.27. The first kappa shape index (κ1) is 16.5. The van der Waals surface area contributed by atoms with Gasteiger partial charge in [0.2, 0.25) is 0 Å². The summed E-state index contributed by atoms with van der Waals surface area (Å²) in [6.45, 7) is 5.30. The molecule has 5 nitrogen and oxygen atoms in total. The highest BCUT2D eigenvalue weighted by molar-refractivity contribution is 5.87. The molecular formula is C16H18O5. The summed E-state index contributed by atoms with van der Waals surface area (Å²) in [5.74, 6) is -1.09. The molecule has 0 aliphatic rings. The number of esters is 2. The fourth-order valence-electron chi connectivity index (χ4n) is 1.38. The monoisotopic (exact) mass is 290 g/mol.